The molecule has 1 N–H and O–H groups in total. The lowest BCUT2D eigenvalue weighted by atomic mass is 10.0. The van der Waals surface area contributed by atoms with Crippen LogP contribution in [0, 0.1) is 0 Å². The highest BCUT2D eigenvalue weighted by molar-refractivity contribution is 6.15. The Hall–Kier alpha value is -3.27. The number of carbonyl (C=O) groups is 1. The van der Waals surface area contributed by atoms with Crippen molar-refractivity contribution in [3.63, 3.8) is 0 Å². The van der Waals surface area contributed by atoms with Crippen LogP contribution in [0.1, 0.15) is 21.5 Å². The first kappa shape index (κ1) is 25.4. The van der Waals surface area contributed by atoms with Crippen molar-refractivity contribution in [3.8, 4) is 28.7 Å². The molecule has 0 atom stereocenters. The van der Waals surface area contributed by atoms with E-state index in [1.807, 2.05) is 0 Å². The third-order valence-corrected chi connectivity index (χ3v) is 5.54. The van der Waals surface area contributed by atoms with Crippen molar-refractivity contribution in [2.75, 3.05) is 61.9 Å². The summed E-state index contributed by atoms with van der Waals surface area (Å²) in [6.07, 6.45) is 1.59. The van der Waals surface area contributed by atoms with Crippen LogP contribution >= 0.6 is 0 Å². The van der Waals surface area contributed by atoms with Crippen LogP contribution in [0.5, 0.6) is 28.7 Å². The lowest BCUT2D eigenvalue weighted by Crippen LogP contribution is -2.30. The maximum absolute atomic E-state index is 13.1. The highest BCUT2D eigenvalue weighted by Crippen LogP contribution is 2.41. The predicted octanol–water partition coefficient (Wildman–Crippen LogP) is 3.13. The number of allylic oxidation sites excluding steroid dienone is 1. The fraction of sp³-hybridized carbons (Fsp3) is 0.400. The second kappa shape index (κ2) is 11.7. The molecule has 0 fully saturated rings. The summed E-state index contributed by atoms with van der Waals surface area (Å²) in [7, 11) is 7.86. The third kappa shape index (κ3) is 5.44. The lowest BCUT2D eigenvalue weighted by molar-refractivity contribution is 0.101. The molecule has 9 heteroatoms. The third-order valence-electron chi connectivity index (χ3n) is 5.54. The Bertz CT molecular complexity index is 1040. The number of ketones is 1. The summed E-state index contributed by atoms with van der Waals surface area (Å²) in [4.78, 5) is 15.2. The van der Waals surface area contributed by atoms with Gasteiger partial charge in [-0.25, -0.2) is 0 Å². The van der Waals surface area contributed by atoms with E-state index in [9.17, 15) is 9.90 Å². The van der Waals surface area contributed by atoms with Crippen LogP contribution in [0.15, 0.2) is 30.0 Å². The van der Waals surface area contributed by atoms with Crippen LogP contribution in [-0.4, -0.2) is 77.6 Å². The lowest BCUT2D eigenvalue weighted by Gasteiger charge is -2.23. The van der Waals surface area contributed by atoms with Crippen molar-refractivity contribution in [3.05, 3.63) is 46.7 Å². The van der Waals surface area contributed by atoms with Gasteiger partial charge in [-0.1, -0.05) is 0 Å². The zero-order chi connectivity index (χ0) is 24.7. The van der Waals surface area contributed by atoms with Crippen LogP contribution in [0.4, 0.5) is 0 Å². The van der Waals surface area contributed by atoms with Gasteiger partial charge >= 0.3 is 0 Å². The number of nitrogens with zero attached hydrogens (tertiary/aromatic N) is 1. The monoisotopic (exact) mass is 473 g/mol. The summed E-state index contributed by atoms with van der Waals surface area (Å²) in [5, 5.41) is 10.6. The minimum absolute atomic E-state index is 0.0522. The summed E-state index contributed by atoms with van der Waals surface area (Å²) in [6, 6.07) is 6.47. The van der Waals surface area contributed by atoms with E-state index in [4.69, 9.17) is 28.4 Å². The van der Waals surface area contributed by atoms with E-state index in [-0.39, 0.29) is 17.3 Å². The first-order valence-corrected chi connectivity index (χ1v) is 10.8. The number of aromatic hydroxyl groups is 1. The van der Waals surface area contributed by atoms with E-state index < -0.39 is 0 Å². The number of phenolic OH excluding ortho intramolecular Hbond substituents is 1. The standard InChI is InChI=1S/C25H31NO8/c1-29-10-8-26(9-11-30-2)15-18-19(27)7-6-17-24(28)23(34-25(17)18)13-16-12-21(32-4)22(33-5)14-20(16)31-3/h6-7,12-14,27H,8-11,15H2,1-5H3/b23-13-. The van der Waals surface area contributed by atoms with Crippen LogP contribution in [-0.2, 0) is 16.0 Å². The molecule has 3 rings (SSSR count). The molecule has 0 aromatic heterocycles. The van der Waals surface area contributed by atoms with Gasteiger partial charge in [-0.3, -0.25) is 9.69 Å². The Balaban J connectivity index is 1.96. The molecule has 0 saturated carbocycles. The molecular formula is C25H31NO8. The molecule has 9 nitrogen and oxygen atoms in total. The van der Waals surface area contributed by atoms with Crippen molar-refractivity contribution in [1.29, 1.82) is 0 Å². The quantitative estimate of drug-likeness (QED) is 0.467. The highest BCUT2D eigenvalue weighted by Gasteiger charge is 2.32. The Morgan fingerprint density at radius 1 is 0.912 bits per heavy atom. The summed E-state index contributed by atoms with van der Waals surface area (Å²) in [5.74, 6) is 1.71. The van der Waals surface area contributed by atoms with Gasteiger partial charge in [0.1, 0.15) is 17.2 Å². The number of ether oxygens (including phenoxy) is 6. The van der Waals surface area contributed by atoms with Crippen molar-refractivity contribution < 1.29 is 38.3 Å². The molecule has 0 amide bonds. The molecule has 1 aliphatic rings. The van der Waals surface area contributed by atoms with Gasteiger partial charge in [0.2, 0.25) is 5.78 Å². The first-order valence-electron chi connectivity index (χ1n) is 10.8. The van der Waals surface area contributed by atoms with Gasteiger partial charge in [-0.15, -0.1) is 0 Å². The zero-order valence-corrected chi connectivity index (χ0v) is 20.2. The molecule has 184 valence electrons. The minimum Gasteiger partial charge on any atom is -0.507 e. The van der Waals surface area contributed by atoms with Crippen molar-refractivity contribution in [2.24, 2.45) is 0 Å². The number of phenols is 1. The number of carbonyl (C=O) groups excluding carboxylic acids is 1. The van der Waals surface area contributed by atoms with Crippen molar-refractivity contribution in [1.82, 2.24) is 4.90 Å². The van der Waals surface area contributed by atoms with Gasteiger partial charge in [0.25, 0.3) is 0 Å². The molecule has 0 spiro atoms. The number of fused-ring (bicyclic) bond motifs is 1. The van der Waals surface area contributed by atoms with Crippen LogP contribution in [0.25, 0.3) is 6.08 Å². The molecule has 0 aliphatic carbocycles. The second-order valence-electron chi connectivity index (χ2n) is 7.59. The summed E-state index contributed by atoms with van der Waals surface area (Å²) >= 11 is 0. The second-order valence-corrected chi connectivity index (χ2v) is 7.59. The normalized spacial score (nSPS) is 13.8. The van der Waals surface area contributed by atoms with E-state index in [0.717, 1.165) is 0 Å². The molecule has 0 unspecified atom stereocenters. The SMILES string of the molecule is COCCN(CCOC)Cc1c(O)ccc2c1O/C(=C\c1cc(OC)c(OC)cc1OC)C2=O. The smallest absolute Gasteiger partial charge is 0.231 e. The summed E-state index contributed by atoms with van der Waals surface area (Å²) < 4.78 is 32.6. The molecule has 1 aliphatic heterocycles. The topological polar surface area (TPSA) is 95.9 Å². The average molecular weight is 474 g/mol. The van der Waals surface area contributed by atoms with E-state index in [0.29, 0.717) is 72.5 Å². The predicted molar refractivity (Wildman–Crippen MR) is 126 cm³/mol. The Morgan fingerprint density at radius 3 is 2.12 bits per heavy atom. The molecule has 0 bridgehead atoms. The number of hydrogen-bond donors (Lipinski definition) is 1. The van der Waals surface area contributed by atoms with Gasteiger partial charge in [0.15, 0.2) is 17.3 Å². The number of benzene rings is 2. The Morgan fingerprint density at radius 2 is 1.53 bits per heavy atom. The molecule has 0 radical (unpaired) electrons. The van der Waals surface area contributed by atoms with Gasteiger partial charge in [-0.05, 0) is 24.3 Å². The maximum Gasteiger partial charge on any atom is 0.231 e. The average Bonchev–Trinajstić information content (AvgIpc) is 3.16. The number of hydrogen-bond acceptors (Lipinski definition) is 9. The van der Waals surface area contributed by atoms with E-state index >= 15 is 0 Å². The van der Waals surface area contributed by atoms with Crippen molar-refractivity contribution in [2.45, 2.75) is 6.54 Å². The first-order chi connectivity index (χ1) is 16.5. The number of methoxy groups -OCH3 is 5. The Kier molecular flexibility index (Phi) is 8.75. The molecule has 0 saturated heterocycles. The van der Waals surface area contributed by atoms with Gasteiger partial charge in [-0.2, -0.15) is 0 Å². The fourth-order valence-corrected chi connectivity index (χ4v) is 3.69. The number of Topliss-reactive ketones (excluding diaryl/α,β-unsaturated/α-hetero) is 1. The van der Waals surface area contributed by atoms with E-state index in [2.05, 4.69) is 4.90 Å². The van der Waals surface area contributed by atoms with Gasteiger partial charge < -0.3 is 33.5 Å². The molecule has 34 heavy (non-hydrogen) atoms. The summed E-state index contributed by atoms with van der Waals surface area (Å²) in [6.45, 7) is 2.65. The minimum atomic E-state index is -0.284. The molecule has 2 aromatic rings. The van der Waals surface area contributed by atoms with Gasteiger partial charge in [0.05, 0.1) is 45.7 Å². The van der Waals surface area contributed by atoms with Crippen molar-refractivity contribution >= 4 is 11.9 Å². The van der Waals surface area contributed by atoms with Gasteiger partial charge in [0, 0.05) is 45.5 Å². The summed E-state index contributed by atoms with van der Waals surface area (Å²) in [5.41, 5.74) is 1.50. The fourth-order valence-electron chi connectivity index (χ4n) is 3.69. The molecule has 1 heterocycles. The Labute approximate surface area is 199 Å². The number of rotatable bonds is 12. The van der Waals surface area contributed by atoms with E-state index in [1.165, 1.54) is 27.4 Å². The largest absolute Gasteiger partial charge is 0.507 e. The van der Waals surface area contributed by atoms with Crippen LogP contribution in [0.2, 0.25) is 0 Å². The van der Waals surface area contributed by atoms with E-state index in [1.54, 1.807) is 38.5 Å². The molecule has 2 aromatic carbocycles. The van der Waals surface area contributed by atoms with Crippen LogP contribution in [0.3, 0.4) is 0 Å². The molecular weight excluding hydrogens is 442 g/mol. The highest BCUT2D eigenvalue weighted by atomic mass is 16.5. The zero-order valence-electron chi connectivity index (χ0n) is 20.2. The van der Waals surface area contributed by atoms with Crippen LogP contribution < -0.4 is 18.9 Å². The maximum atomic E-state index is 13.1.